The number of nitrogens with one attached hydrogen (secondary N) is 2. The first-order chi connectivity index (χ1) is 14.2. The molecule has 0 saturated heterocycles. The Morgan fingerprint density at radius 2 is 1.97 bits per heavy atom. The normalized spacial score (nSPS) is 11.0. The van der Waals surface area contributed by atoms with Gasteiger partial charge in [-0.05, 0) is 42.8 Å². The lowest BCUT2D eigenvalue weighted by Gasteiger charge is -2.12. The van der Waals surface area contributed by atoms with Crippen molar-refractivity contribution in [1.29, 1.82) is 0 Å². The van der Waals surface area contributed by atoms with Gasteiger partial charge in [0, 0.05) is 58.0 Å². The van der Waals surface area contributed by atoms with E-state index in [1.54, 1.807) is 24.5 Å². The molecule has 0 unspecified atom stereocenters. The molecule has 0 bridgehead atoms. The van der Waals surface area contributed by atoms with Crippen LogP contribution >= 0.6 is 11.6 Å². The number of rotatable bonds is 6. The molecule has 0 radical (unpaired) electrons. The van der Waals surface area contributed by atoms with Gasteiger partial charge in [0.05, 0.1) is 5.52 Å². The maximum Gasteiger partial charge on any atom is 0.251 e. The Morgan fingerprint density at radius 3 is 2.79 bits per heavy atom. The van der Waals surface area contributed by atoms with Crippen molar-refractivity contribution in [2.45, 2.75) is 6.42 Å². The molecule has 4 rings (SSSR count). The summed E-state index contributed by atoms with van der Waals surface area (Å²) < 4.78 is 0. The van der Waals surface area contributed by atoms with E-state index in [1.165, 1.54) is 0 Å². The van der Waals surface area contributed by atoms with Crippen LogP contribution in [0.25, 0.3) is 21.7 Å². The maximum atomic E-state index is 12.4. The number of nitrogens with zero attached hydrogens (tertiary/aromatic N) is 2. The van der Waals surface area contributed by atoms with E-state index in [4.69, 9.17) is 21.7 Å². The highest BCUT2D eigenvalue weighted by molar-refractivity contribution is 6.30. The summed E-state index contributed by atoms with van der Waals surface area (Å²) in [6.45, 7) is 0.459. The van der Waals surface area contributed by atoms with Crippen molar-refractivity contribution >= 4 is 50.7 Å². The van der Waals surface area contributed by atoms with Crippen LogP contribution in [0.15, 0.2) is 60.9 Å². The van der Waals surface area contributed by atoms with Crippen molar-refractivity contribution < 1.29 is 9.90 Å². The van der Waals surface area contributed by atoms with Crippen molar-refractivity contribution in [2.75, 3.05) is 18.5 Å². The SMILES string of the molecule is O=C(NCCCO)c1ccc2c(c1)nc(Nc1cccc(Cl)c1)c1ccncc12. The molecule has 7 heteroatoms. The average Bonchev–Trinajstić information content (AvgIpc) is 2.73. The summed E-state index contributed by atoms with van der Waals surface area (Å²) in [5.74, 6) is 0.466. The quantitative estimate of drug-likeness (QED) is 0.328. The van der Waals surface area contributed by atoms with Gasteiger partial charge in [0.25, 0.3) is 5.91 Å². The molecule has 3 N–H and O–H groups in total. The molecule has 4 aromatic rings. The fourth-order valence-electron chi connectivity index (χ4n) is 3.17. The lowest BCUT2D eigenvalue weighted by Crippen LogP contribution is -2.24. The number of carbonyl (C=O) groups excluding carboxylic acids is 1. The molecule has 0 aliphatic heterocycles. The number of benzene rings is 2. The van der Waals surface area contributed by atoms with Crippen molar-refractivity contribution in [1.82, 2.24) is 15.3 Å². The first kappa shape index (κ1) is 19.1. The van der Waals surface area contributed by atoms with Gasteiger partial charge in [-0.2, -0.15) is 0 Å². The van der Waals surface area contributed by atoms with E-state index in [1.807, 2.05) is 36.4 Å². The van der Waals surface area contributed by atoms with Crippen LogP contribution in [0.4, 0.5) is 11.5 Å². The highest BCUT2D eigenvalue weighted by Crippen LogP contribution is 2.31. The zero-order chi connectivity index (χ0) is 20.2. The van der Waals surface area contributed by atoms with E-state index >= 15 is 0 Å². The van der Waals surface area contributed by atoms with Gasteiger partial charge >= 0.3 is 0 Å². The van der Waals surface area contributed by atoms with Gasteiger partial charge in [-0.1, -0.05) is 23.7 Å². The van der Waals surface area contributed by atoms with Gasteiger partial charge < -0.3 is 15.7 Å². The highest BCUT2D eigenvalue weighted by Gasteiger charge is 2.12. The molecule has 2 aromatic carbocycles. The second-order valence-corrected chi connectivity index (χ2v) is 7.02. The summed E-state index contributed by atoms with van der Waals surface area (Å²) in [7, 11) is 0. The monoisotopic (exact) mass is 406 g/mol. The molecule has 0 spiro atoms. The number of halogens is 1. The fourth-order valence-corrected chi connectivity index (χ4v) is 3.36. The largest absolute Gasteiger partial charge is 0.396 e. The Hall–Kier alpha value is -3.22. The summed E-state index contributed by atoms with van der Waals surface area (Å²) in [5, 5.41) is 18.4. The van der Waals surface area contributed by atoms with Crippen molar-refractivity contribution in [2.24, 2.45) is 0 Å². The lowest BCUT2D eigenvalue weighted by atomic mass is 10.1. The average molecular weight is 407 g/mol. The number of aliphatic hydroxyl groups excluding tert-OH is 1. The summed E-state index contributed by atoms with van der Waals surface area (Å²) in [6, 6.07) is 14.7. The number of carbonyl (C=O) groups is 1. The molecule has 6 nitrogen and oxygen atoms in total. The lowest BCUT2D eigenvalue weighted by molar-refractivity contribution is 0.0951. The highest BCUT2D eigenvalue weighted by atomic mass is 35.5. The second kappa shape index (κ2) is 8.43. The summed E-state index contributed by atoms with van der Waals surface area (Å²) in [5.41, 5.74) is 2.02. The fraction of sp³-hybridized carbons (Fsp3) is 0.136. The smallest absolute Gasteiger partial charge is 0.251 e. The molecule has 0 aliphatic carbocycles. The number of hydrogen-bond acceptors (Lipinski definition) is 5. The van der Waals surface area contributed by atoms with E-state index in [9.17, 15) is 4.79 Å². The van der Waals surface area contributed by atoms with Gasteiger partial charge in [-0.15, -0.1) is 0 Å². The molecule has 29 heavy (non-hydrogen) atoms. The maximum absolute atomic E-state index is 12.4. The molecular weight excluding hydrogens is 388 g/mol. The molecule has 0 fully saturated rings. The predicted octanol–water partition coefficient (Wildman–Crippen LogP) is 4.29. The summed E-state index contributed by atoms with van der Waals surface area (Å²) in [4.78, 5) is 21.4. The van der Waals surface area contributed by atoms with Crippen LogP contribution in [-0.2, 0) is 0 Å². The number of aromatic nitrogens is 2. The van der Waals surface area contributed by atoms with E-state index in [2.05, 4.69) is 15.6 Å². The van der Waals surface area contributed by atoms with Crippen molar-refractivity contribution in [3.63, 3.8) is 0 Å². The molecular formula is C22H19ClN4O2. The van der Waals surface area contributed by atoms with Crippen molar-refractivity contribution in [3.8, 4) is 0 Å². The third-order valence-electron chi connectivity index (χ3n) is 4.57. The first-order valence-corrected chi connectivity index (χ1v) is 9.62. The molecule has 0 aliphatic rings. The number of hydrogen-bond donors (Lipinski definition) is 3. The molecule has 2 aromatic heterocycles. The Labute approximate surface area is 172 Å². The second-order valence-electron chi connectivity index (χ2n) is 6.58. The Bertz CT molecular complexity index is 1200. The van der Waals surface area contributed by atoms with Gasteiger partial charge in [0.2, 0.25) is 0 Å². The summed E-state index contributed by atoms with van der Waals surface area (Å²) >= 11 is 6.10. The number of anilines is 2. The predicted molar refractivity (Wildman–Crippen MR) is 116 cm³/mol. The van der Waals surface area contributed by atoms with E-state index < -0.39 is 0 Å². The van der Waals surface area contributed by atoms with Crippen LogP contribution in [0.2, 0.25) is 5.02 Å². The molecule has 2 heterocycles. The molecule has 0 saturated carbocycles. The number of pyridine rings is 2. The van der Waals surface area contributed by atoms with E-state index in [0.29, 0.717) is 34.9 Å². The van der Waals surface area contributed by atoms with Gasteiger partial charge in [-0.25, -0.2) is 4.98 Å². The summed E-state index contributed by atoms with van der Waals surface area (Å²) in [6.07, 6.45) is 4.03. The first-order valence-electron chi connectivity index (χ1n) is 9.25. The van der Waals surface area contributed by atoms with Gasteiger partial charge in [0.1, 0.15) is 5.82 Å². The number of fused-ring (bicyclic) bond motifs is 3. The van der Waals surface area contributed by atoms with Crippen LogP contribution in [0.5, 0.6) is 0 Å². The van der Waals surface area contributed by atoms with Crippen LogP contribution in [0, 0.1) is 0 Å². The van der Waals surface area contributed by atoms with Crippen molar-refractivity contribution in [3.05, 3.63) is 71.5 Å². The molecule has 1 amide bonds. The Balaban J connectivity index is 1.78. The minimum absolute atomic E-state index is 0.0388. The molecule has 0 atom stereocenters. The Kier molecular flexibility index (Phi) is 5.55. The minimum Gasteiger partial charge on any atom is -0.396 e. The van der Waals surface area contributed by atoms with E-state index in [-0.39, 0.29) is 12.5 Å². The standard InChI is InChI=1S/C22H19ClN4O2/c23-15-3-1-4-16(12-15)26-21-18-7-9-24-13-19(18)17-6-5-14(11-20(17)27-21)22(29)25-8-2-10-28/h1,3-7,9,11-13,28H,2,8,10H2,(H,25,29)(H,26,27). The number of aliphatic hydroxyl groups is 1. The third kappa shape index (κ3) is 4.13. The minimum atomic E-state index is -0.196. The van der Waals surface area contributed by atoms with Crippen LogP contribution < -0.4 is 10.6 Å². The number of amides is 1. The molecule has 146 valence electrons. The van der Waals surface area contributed by atoms with Gasteiger partial charge in [0.15, 0.2) is 0 Å². The third-order valence-corrected chi connectivity index (χ3v) is 4.80. The topological polar surface area (TPSA) is 87.1 Å². The van der Waals surface area contributed by atoms with Crippen LogP contribution in [0.1, 0.15) is 16.8 Å². The zero-order valence-electron chi connectivity index (χ0n) is 15.5. The zero-order valence-corrected chi connectivity index (χ0v) is 16.3. The van der Waals surface area contributed by atoms with E-state index in [0.717, 1.165) is 21.8 Å². The Morgan fingerprint density at radius 1 is 1.07 bits per heavy atom. The van der Waals surface area contributed by atoms with Crippen LogP contribution in [0.3, 0.4) is 0 Å². The van der Waals surface area contributed by atoms with Gasteiger partial charge in [-0.3, -0.25) is 9.78 Å². The van der Waals surface area contributed by atoms with Crippen LogP contribution in [-0.4, -0.2) is 34.1 Å².